The number of halogens is 3. The highest BCUT2D eigenvalue weighted by Gasteiger charge is 2.51. The highest BCUT2D eigenvalue weighted by atomic mass is 28.4. The number of hydrogen-bond acceptors (Lipinski definition) is 5. The predicted octanol–water partition coefficient (Wildman–Crippen LogP) is 4.75. The van der Waals surface area contributed by atoms with Gasteiger partial charge < -0.3 is 19.6 Å². The molecule has 12 heteroatoms. The summed E-state index contributed by atoms with van der Waals surface area (Å²) in [5, 5.41) is 14.7. The molecular formula is C17H33F3N4O4Si. The van der Waals surface area contributed by atoms with Crippen LogP contribution in [0.5, 0.6) is 0 Å². The molecule has 2 N–H and O–H groups in total. The average Bonchev–Trinajstić information content (AvgIpc) is 2.47. The molecular weight excluding hydrogens is 409 g/mol. The number of nitrogens with one attached hydrogen (secondary N) is 1. The maximum atomic E-state index is 13.8. The smallest absolute Gasteiger partial charge is 0.408 e. The summed E-state index contributed by atoms with van der Waals surface area (Å²) in [4.78, 5) is 14.5. The molecule has 0 aliphatic rings. The van der Waals surface area contributed by atoms with Crippen LogP contribution in [-0.2, 0) is 9.16 Å². The summed E-state index contributed by atoms with van der Waals surface area (Å²) >= 11 is 0. The van der Waals surface area contributed by atoms with Crippen LogP contribution < -0.4 is 5.32 Å². The molecule has 0 fully saturated rings. The van der Waals surface area contributed by atoms with Gasteiger partial charge in [0.15, 0.2) is 8.32 Å². The molecule has 0 saturated carbocycles. The second-order valence-electron chi connectivity index (χ2n) is 9.34. The summed E-state index contributed by atoms with van der Waals surface area (Å²) in [5.74, 6) is -2.22. The van der Waals surface area contributed by atoms with E-state index in [1.807, 2.05) is 20.8 Å². The highest BCUT2D eigenvalue weighted by molar-refractivity contribution is 6.74. The van der Waals surface area contributed by atoms with Gasteiger partial charge in [0.25, 0.3) is 0 Å². The SMILES string of the molecule is CC(C)(C)OC(=O)NC(CO)[C@H](O[Si](C)(C)C(C)(C)C)[C@H](CN=[N+]=[N-])C(F)(F)F. The van der Waals surface area contributed by atoms with Crippen LogP contribution in [0.2, 0.25) is 18.1 Å². The van der Waals surface area contributed by atoms with Crippen LogP contribution in [0.1, 0.15) is 41.5 Å². The Balaban J connectivity index is 6.08. The van der Waals surface area contributed by atoms with Gasteiger partial charge in [0.1, 0.15) is 5.60 Å². The average molecular weight is 443 g/mol. The molecule has 0 heterocycles. The number of alkyl carbamates (subject to hydrolysis) is 1. The third-order valence-corrected chi connectivity index (χ3v) is 9.16. The first-order valence-electron chi connectivity index (χ1n) is 9.21. The number of alkyl halides is 3. The quantitative estimate of drug-likeness (QED) is 0.244. The Bertz CT molecular complexity index is 597. The molecule has 1 unspecified atom stereocenters. The van der Waals surface area contributed by atoms with E-state index in [-0.39, 0.29) is 0 Å². The van der Waals surface area contributed by atoms with E-state index in [9.17, 15) is 23.1 Å². The summed E-state index contributed by atoms with van der Waals surface area (Å²) < 4.78 is 52.5. The zero-order valence-electron chi connectivity index (χ0n) is 18.3. The standard InChI is InChI=1S/C17H33F3N4O4Si/c1-15(2,3)27-14(26)23-12(10-25)13(28-29(7,8)16(4,5)6)11(9-22-24-21)17(18,19)20/h11-13,25H,9-10H2,1-8H3,(H,23,26)/t11-,12?,13+/m0/s1. The van der Waals surface area contributed by atoms with Gasteiger partial charge in [-0.1, -0.05) is 25.9 Å². The van der Waals surface area contributed by atoms with Gasteiger partial charge in [0.2, 0.25) is 0 Å². The summed E-state index contributed by atoms with van der Waals surface area (Å²) in [7, 11) is -2.76. The lowest BCUT2D eigenvalue weighted by Crippen LogP contribution is -2.59. The van der Waals surface area contributed by atoms with Gasteiger partial charge in [0.05, 0.1) is 24.7 Å². The van der Waals surface area contributed by atoms with Crippen LogP contribution in [0, 0.1) is 5.92 Å². The molecule has 0 radical (unpaired) electrons. The Morgan fingerprint density at radius 3 is 2.07 bits per heavy atom. The molecule has 8 nitrogen and oxygen atoms in total. The molecule has 0 rings (SSSR count). The topological polar surface area (TPSA) is 117 Å². The molecule has 0 aromatic carbocycles. The maximum absolute atomic E-state index is 13.8. The fraction of sp³-hybridized carbons (Fsp3) is 0.941. The van der Waals surface area contributed by atoms with Gasteiger partial charge in [-0.25, -0.2) is 4.79 Å². The fourth-order valence-electron chi connectivity index (χ4n) is 2.17. The van der Waals surface area contributed by atoms with Crippen LogP contribution in [-0.4, -0.2) is 56.6 Å². The first-order chi connectivity index (χ1) is 12.9. The van der Waals surface area contributed by atoms with Crippen molar-refractivity contribution in [1.29, 1.82) is 0 Å². The maximum Gasteiger partial charge on any atom is 0.408 e. The number of aliphatic hydroxyl groups excluding tert-OH is 1. The third-order valence-electron chi connectivity index (χ3n) is 4.69. The van der Waals surface area contributed by atoms with Crippen molar-refractivity contribution in [3.8, 4) is 0 Å². The largest absolute Gasteiger partial charge is 0.444 e. The molecule has 0 aliphatic heterocycles. The highest BCUT2D eigenvalue weighted by Crippen LogP contribution is 2.41. The Labute approximate surface area is 170 Å². The molecule has 170 valence electrons. The lowest BCUT2D eigenvalue weighted by molar-refractivity contribution is -0.198. The molecule has 0 bridgehead atoms. The van der Waals surface area contributed by atoms with E-state index in [1.54, 1.807) is 33.9 Å². The Morgan fingerprint density at radius 2 is 1.72 bits per heavy atom. The van der Waals surface area contributed by atoms with Gasteiger partial charge in [-0.05, 0) is 44.4 Å². The predicted molar refractivity (Wildman–Crippen MR) is 106 cm³/mol. The van der Waals surface area contributed by atoms with Crippen molar-refractivity contribution in [3.05, 3.63) is 10.4 Å². The van der Waals surface area contributed by atoms with Crippen molar-refractivity contribution in [1.82, 2.24) is 5.32 Å². The van der Waals surface area contributed by atoms with E-state index in [0.717, 1.165) is 0 Å². The summed E-state index contributed by atoms with van der Waals surface area (Å²) in [6.45, 7) is 12.1. The molecule has 0 spiro atoms. The van der Waals surface area contributed by atoms with E-state index in [2.05, 4.69) is 15.3 Å². The summed E-state index contributed by atoms with van der Waals surface area (Å²) in [6, 6.07) is -1.42. The van der Waals surface area contributed by atoms with Gasteiger partial charge in [-0.2, -0.15) is 13.2 Å². The van der Waals surface area contributed by atoms with Crippen LogP contribution in [0.15, 0.2) is 5.11 Å². The van der Waals surface area contributed by atoms with Gasteiger partial charge >= 0.3 is 12.3 Å². The van der Waals surface area contributed by atoms with Crippen molar-refractivity contribution in [2.24, 2.45) is 11.0 Å². The lowest BCUT2D eigenvalue weighted by Gasteiger charge is -2.44. The minimum absolute atomic E-state index is 0.439. The number of aliphatic hydroxyl groups is 1. The van der Waals surface area contributed by atoms with Crippen molar-refractivity contribution < 1.29 is 32.2 Å². The molecule has 3 atom stereocenters. The summed E-state index contributed by atoms with van der Waals surface area (Å²) in [6.07, 6.45) is -7.44. The zero-order valence-corrected chi connectivity index (χ0v) is 19.3. The number of ether oxygens (including phenoxy) is 1. The van der Waals surface area contributed by atoms with Gasteiger partial charge in [0, 0.05) is 11.5 Å². The molecule has 0 aliphatic carbocycles. The van der Waals surface area contributed by atoms with Crippen LogP contribution in [0.25, 0.3) is 10.4 Å². The van der Waals surface area contributed by atoms with Crippen molar-refractivity contribution in [2.75, 3.05) is 13.2 Å². The second-order valence-corrected chi connectivity index (χ2v) is 14.1. The van der Waals surface area contributed by atoms with Crippen LogP contribution >= 0.6 is 0 Å². The van der Waals surface area contributed by atoms with Crippen molar-refractivity contribution >= 4 is 14.4 Å². The first-order valence-corrected chi connectivity index (χ1v) is 12.1. The Hall–Kier alpha value is -1.49. The van der Waals surface area contributed by atoms with E-state index < -0.39 is 62.4 Å². The zero-order chi connectivity index (χ0) is 23.3. The molecule has 0 aromatic rings. The first kappa shape index (κ1) is 27.5. The summed E-state index contributed by atoms with van der Waals surface area (Å²) in [5.41, 5.74) is 7.63. The molecule has 0 saturated heterocycles. The number of rotatable bonds is 8. The second kappa shape index (κ2) is 10.0. The van der Waals surface area contributed by atoms with Gasteiger partial charge in [-0.15, -0.1) is 0 Å². The minimum atomic E-state index is -4.79. The Kier molecular flexibility index (Phi) is 9.49. The van der Waals surface area contributed by atoms with E-state index in [4.69, 9.17) is 14.7 Å². The number of carbonyl (C=O) groups excluding carboxylic acids is 1. The minimum Gasteiger partial charge on any atom is -0.444 e. The van der Waals surface area contributed by atoms with Gasteiger partial charge in [-0.3, -0.25) is 0 Å². The number of azide groups is 1. The number of hydrogen-bond donors (Lipinski definition) is 2. The molecule has 29 heavy (non-hydrogen) atoms. The monoisotopic (exact) mass is 442 g/mol. The third kappa shape index (κ3) is 9.24. The van der Waals surface area contributed by atoms with E-state index >= 15 is 0 Å². The van der Waals surface area contributed by atoms with Crippen LogP contribution in [0.4, 0.5) is 18.0 Å². The van der Waals surface area contributed by atoms with E-state index in [1.165, 1.54) is 0 Å². The lowest BCUT2D eigenvalue weighted by atomic mass is 9.96. The number of amides is 1. The molecule has 0 aromatic heterocycles. The van der Waals surface area contributed by atoms with E-state index in [0.29, 0.717) is 0 Å². The molecule has 1 amide bonds. The van der Waals surface area contributed by atoms with Crippen molar-refractivity contribution in [2.45, 2.75) is 83.6 Å². The number of carbonyl (C=O) groups is 1. The van der Waals surface area contributed by atoms with Crippen molar-refractivity contribution in [3.63, 3.8) is 0 Å². The fourth-order valence-corrected chi connectivity index (χ4v) is 3.53. The number of nitrogens with zero attached hydrogens (tertiary/aromatic N) is 3. The normalized spacial score (nSPS) is 16.4. The van der Waals surface area contributed by atoms with Crippen LogP contribution in [0.3, 0.4) is 0 Å². The Morgan fingerprint density at radius 1 is 1.21 bits per heavy atom.